The maximum atomic E-state index is 2.57. The van der Waals surface area contributed by atoms with Crippen LogP contribution in [0.4, 0.5) is 17.1 Å². The highest BCUT2D eigenvalue weighted by Crippen LogP contribution is 2.66. The van der Waals surface area contributed by atoms with E-state index in [1.807, 2.05) is 11.8 Å². The van der Waals surface area contributed by atoms with E-state index in [1.165, 1.54) is 110 Å². The Hall–Kier alpha value is -6.87. The van der Waals surface area contributed by atoms with Crippen molar-refractivity contribution in [3.8, 4) is 33.4 Å². The van der Waals surface area contributed by atoms with Crippen LogP contribution in [0, 0.1) is 0 Å². The summed E-state index contributed by atoms with van der Waals surface area (Å²) >= 11 is 1.92. The van der Waals surface area contributed by atoms with E-state index in [9.17, 15) is 0 Å². The molecule has 9 aromatic carbocycles. The van der Waals surface area contributed by atoms with Gasteiger partial charge in [-0.05, 0) is 170 Å². The zero-order chi connectivity index (χ0) is 51.5. The fourth-order valence-corrected chi connectivity index (χ4v) is 14.4. The molecule has 0 saturated carbocycles. The highest BCUT2D eigenvalue weighted by molar-refractivity contribution is 7.99. The van der Waals surface area contributed by atoms with Gasteiger partial charge in [-0.3, -0.25) is 0 Å². The molecule has 0 aromatic heterocycles. The lowest BCUT2D eigenvalue weighted by molar-refractivity contribution is 0.585. The van der Waals surface area contributed by atoms with Crippen molar-refractivity contribution in [2.75, 3.05) is 4.90 Å². The van der Waals surface area contributed by atoms with Crippen molar-refractivity contribution in [1.82, 2.24) is 0 Å². The van der Waals surface area contributed by atoms with Gasteiger partial charge in [0.2, 0.25) is 0 Å². The lowest BCUT2D eigenvalue weighted by atomic mass is 9.66. The van der Waals surface area contributed by atoms with Crippen molar-refractivity contribution in [3.63, 3.8) is 0 Å². The quantitative estimate of drug-likeness (QED) is 0.174. The molecule has 366 valence electrons. The average Bonchev–Trinajstić information content (AvgIpc) is 3.95. The molecule has 9 aromatic rings. The van der Waals surface area contributed by atoms with Gasteiger partial charge in [-0.25, -0.2) is 0 Å². The standard InChI is InChI=1S/C72H67NS/c1-67(2,3)44-26-32-52-53-33-27-45(68(4,5)6)39-60(53)71(59(52)38-44)57-23-17-16-22-51(57)56-36-30-49(42-63(56)71)73(48-20-14-13-15-21-48)50-31-37-66-64(43-50)72(58-24-18-19-25-65(58)74-66)61-40-46(69(7,8)9)28-34-54(61)55-35-29-47(41-62(55)72)70(10,11)12/h13-43H,1-12H3. The third kappa shape index (κ3) is 6.62. The second-order valence-corrected chi connectivity index (χ2v) is 26.9. The molecule has 0 unspecified atom stereocenters. The summed E-state index contributed by atoms with van der Waals surface area (Å²) in [6.45, 7) is 28.2. The number of hydrogen-bond acceptors (Lipinski definition) is 2. The first-order chi connectivity index (χ1) is 35.2. The molecule has 1 heterocycles. The molecular formula is C72H67NS. The summed E-state index contributed by atoms with van der Waals surface area (Å²) in [5.41, 5.74) is 26.5. The Morgan fingerprint density at radius 2 is 0.608 bits per heavy atom. The Morgan fingerprint density at radius 1 is 0.270 bits per heavy atom. The van der Waals surface area contributed by atoms with Crippen LogP contribution in [0.5, 0.6) is 0 Å². The van der Waals surface area contributed by atoms with Gasteiger partial charge >= 0.3 is 0 Å². The molecule has 2 spiro atoms. The minimum Gasteiger partial charge on any atom is -0.310 e. The van der Waals surface area contributed by atoms with Crippen molar-refractivity contribution in [2.45, 2.75) is 125 Å². The maximum Gasteiger partial charge on any atom is 0.0736 e. The minimum atomic E-state index is -0.556. The largest absolute Gasteiger partial charge is 0.310 e. The number of anilines is 3. The highest BCUT2D eigenvalue weighted by atomic mass is 32.2. The molecule has 13 rings (SSSR count). The van der Waals surface area contributed by atoms with Crippen molar-refractivity contribution >= 4 is 28.8 Å². The van der Waals surface area contributed by atoms with Gasteiger partial charge < -0.3 is 4.90 Å². The summed E-state index contributed by atoms with van der Waals surface area (Å²) in [6.07, 6.45) is 0. The average molecular weight is 978 g/mol. The third-order valence-electron chi connectivity index (χ3n) is 17.2. The van der Waals surface area contributed by atoms with Gasteiger partial charge in [0.05, 0.1) is 10.8 Å². The summed E-state index contributed by atoms with van der Waals surface area (Å²) in [5.74, 6) is 0. The smallest absolute Gasteiger partial charge is 0.0736 e. The molecule has 4 aliphatic rings. The van der Waals surface area contributed by atoms with Gasteiger partial charge in [0, 0.05) is 26.9 Å². The Bertz CT molecular complexity index is 3680. The second-order valence-electron chi connectivity index (χ2n) is 25.8. The first-order valence-corrected chi connectivity index (χ1v) is 27.6. The summed E-state index contributed by atoms with van der Waals surface area (Å²) < 4.78 is 0. The maximum absolute atomic E-state index is 2.57. The monoisotopic (exact) mass is 977 g/mol. The van der Waals surface area contributed by atoms with Gasteiger partial charge in [-0.2, -0.15) is 0 Å². The van der Waals surface area contributed by atoms with Crippen LogP contribution in [0.2, 0.25) is 0 Å². The summed E-state index contributed by atoms with van der Waals surface area (Å²) in [5, 5.41) is 0. The summed E-state index contributed by atoms with van der Waals surface area (Å²) in [6, 6.07) is 73.9. The Kier molecular flexibility index (Phi) is 10.0. The van der Waals surface area contributed by atoms with Crippen LogP contribution in [0.25, 0.3) is 33.4 Å². The molecule has 3 aliphatic carbocycles. The van der Waals surface area contributed by atoms with E-state index in [0.29, 0.717) is 0 Å². The van der Waals surface area contributed by atoms with E-state index in [1.54, 1.807) is 0 Å². The van der Waals surface area contributed by atoms with Crippen LogP contribution in [-0.2, 0) is 32.5 Å². The molecule has 0 saturated heterocycles. The first-order valence-electron chi connectivity index (χ1n) is 26.8. The molecule has 0 atom stereocenters. The lowest BCUT2D eigenvalue weighted by Gasteiger charge is -2.41. The zero-order valence-electron chi connectivity index (χ0n) is 45.3. The van der Waals surface area contributed by atoms with Crippen LogP contribution >= 0.6 is 11.8 Å². The molecule has 0 amide bonds. The van der Waals surface area contributed by atoms with Crippen LogP contribution in [0.15, 0.2) is 198 Å². The number of hydrogen-bond donors (Lipinski definition) is 0. The molecule has 0 N–H and O–H groups in total. The van der Waals surface area contributed by atoms with E-state index < -0.39 is 10.8 Å². The van der Waals surface area contributed by atoms with Gasteiger partial charge in [-0.15, -0.1) is 0 Å². The van der Waals surface area contributed by atoms with E-state index in [4.69, 9.17) is 0 Å². The van der Waals surface area contributed by atoms with Crippen molar-refractivity contribution < 1.29 is 0 Å². The van der Waals surface area contributed by atoms with Crippen molar-refractivity contribution in [1.29, 1.82) is 0 Å². The van der Waals surface area contributed by atoms with Crippen molar-refractivity contribution in [2.24, 2.45) is 0 Å². The predicted molar refractivity (Wildman–Crippen MR) is 314 cm³/mol. The minimum absolute atomic E-state index is 0.0277. The Morgan fingerprint density at radius 3 is 1.08 bits per heavy atom. The molecule has 0 radical (unpaired) electrons. The van der Waals surface area contributed by atoms with Gasteiger partial charge in [0.15, 0.2) is 0 Å². The molecule has 2 heteroatoms. The number of fused-ring (bicyclic) bond motifs is 19. The lowest BCUT2D eigenvalue weighted by Crippen LogP contribution is -2.33. The normalized spacial score (nSPS) is 15.2. The number of nitrogens with zero attached hydrogens (tertiary/aromatic N) is 1. The molecule has 74 heavy (non-hydrogen) atoms. The SMILES string of the molecule is CC(C)(C)c1ccc2c(c1)C1(c3ccccc3Sc3ccc(N(c4ccccc4)c4ccc5c(c4)C4(c6ccccc6-5)c5cc(C(C)(C)C)ccc5-c5ccc(C(C)(C)C)cc54)cc31)c1cc(C(C)(C)C)ccc1-2. The fraction of sp³-hybridized carbons (Fsp3) is 0.250. The predicted octanol–water partition coefficient (Wildman–Crippen LogP) is 19.5. The van der Waals surface area contributed by atoms with Crippen LogP contribution in [-0.4, -0.2) is 0 Å². The highest BCUT2D eigenvalue weighted by Gasteiger charge is 2.54. The van der Waals surface area contributed by atoms with Crippen LogP contribution < -0.4 is 4.90 Å². The number of benzene rings is 9. The topological polar surface area (TPSA) is 3.24 Å². The van der Waals surface area contributed by atoms with Crippen LogP contribution in [0.1, 0.15) is 150 Å². The van der Waals surface area contributed by atoms with Crippen LogP contribution in [0.3, 0.4) is 0 Å². The Balaban J connectivity index is 1.10. The van der Waals surface area contributed by atoms with Gasteiger partial charge in [0.25, 0.3) is 0 Å². The number of rotatable bonds is 3. The van der Waals surface area contributed by atoms with Gasteiger partial charge in [0.1, 0.15) is 0 Å². The number of para-hydroxylation sites is 1. The van der Waals surface area contributed by atoms with E-state index >= 15 is 0 Å². The molecule has 1 nitrogen and oxygen atoms in total. The Labute approximate surface area is 444 Å². The van der Waals surface area contributed by atoms with E-state index in [-0.39, 0.29) is 21.7 Å². The van der Waals surface area contributed by atoms with Gasteiger partial charge in [-0.1, -0.05) is 234 Å². The first kappa shape index (κ1) is 46.9. The summed E-state index contributed by atoms with van der Waals surface area (Å²) in [4.78, 5) is 5.16. The third-order valence-corrected chi connectivity index (χ3v) is 18.3. The zero-order valence-corrected chi connectivity index (χ0v) is 46.1. The molecule has 0 fully saturated rings. The van der Waals surface area contributed by atoms with Crippen molar-refractivity contribution in [3.05, 3.63) is 255 Å². The molecular weight excluding hydrogens is 911 g/mol. The van der Waals surface area contributed by atoms with E-state index in [2.05, 4.69) is 276 Å². The second kappa shape index (κ2) is 15.8. The summed E-state index contributed by atoms with van der Waals surface area (Å²) in [7, 11) is 0. The molecule has 1 aliphatic heterocycles. The van der Waals surface area contributed by atoms with E-state index in [0.717, 1.165) is 17.1 Å². The fourth-order valence-electron chi connectivity index (χ4n) is 13.3. The molecule has 0 bridgehead atoms.